The van der Waals surface area contributed by atoms with E-state index in [4.69, 9.17) is 0 Å². The molecule has 0 atom stereocenters. The monoisotopic (exact) mass is 313 g/mol. The Morgan fingerprint density at radius 3 is 2.14 bits per heavy atom. The summed E-state index contributed by atoms with van der Waals surface area (Å²) in [7, 11) is 7.72. The third-order valence-electron chi connectivity index (χ3n) is 1.90. The van der Waals surface area contributed by atoms with Gasteiger partial charge in [-0.1, -0.05) is 22.6 Å². The number of hydrogen-bond donors (Lipinski definition) is 0. The molecule has 0 saturated carbocycles. The number of rotatable bonds is 6. The molecule has 0 aromatic heterocycles. The van der Waals surface area contributed by atoms with E-state index in [9.17, 15) is 4.79 Å². The average Bonchev–Trinajstić information content (AvgIpc) is 2.12. The third kappa shape index (κ3) is 6.56. The van der Waals surface area contributed by atoms with Crippen LogP contribution in [0.5, 0.6) is 0 Å². The minimum atomic E-state index is 0.178. The van der Waals surface area contributed by atoms with Crippen molar-refractivity contribution in [3.05, 3.63) is 0 Å². The first-order valence-corrected chi connectivity index (χ1v) is 6.13. The molecule has 0 unspecified atom stereocenters. The molecule has 0 bridgehead atoms. The van der Waals surface area contributed by atoms with Gasteiger partial charge in [0.1, 0.15) is 0 Å². The number of carbonyl (C=O) groups excluding carboxylic acids is 1. The highest BCUT2D eigenvalue weighted by molar-refractivity contribution is 14.1. The first-order chi connectivity index (χ1) is 6.47. The number of amides is 1. The zero-order chi connectivity index (χ0) is 11.1. The van der Waals surface area contributed by atoms with Crippen molar-refractivity contribution in [3.63, 3.8) is 0 Å². The summed E-state index contributed by atoms with van der Waals surface area (Å²) < 4.78 is 0.994. The summed E-state index contributed by atoms with van der Waals surface area (Å²) in [6.45, 7) is 2.22. The maximum absolute atomic E-state index is 11.5. The predicted octanol–water partition coefficient (Wildman–Crippen LogP) is 0.331. The number of hydrogen-bond acceptors (Lipinski definition) is 3. The molecule has 0 N–H and O–H groups in total. The standard InChI is InChI=1S/C9H20IN3O/c1-11(2)7-9(14)13(4)6-5-12(3)8-10/h5-8H2,1-4H3. The van der Waals surface area contributed by atoms with Gasteiger partial charge in [0.05, 0.1) is 11.1 Å². The van der Waals surface area contributed by atoms with Gasteiger partial charge in [-0.15, -0.1) is 0 Å². The van der Waals surface area contributed by atoms with Gasteiger partial charge in [0, 0.05) is 20.1 Å². The molecule has 5 heteroatoms. The fraction of sp³-hybridized carbons (Fsp3) is 0.889. The Hall–Kier alpha value is 0.120. The van der Waals surface area contributed by atoms with Crippen LogP contribution in [0.25, 0.3) is 0 Å². The lowest BCUT2D eigenvalue weighted by Gasteiger charge is -2.22. The van der Waals surface area contributed by atoms with Crippen molar-refractivity contribution in [1.82, 2.24) is 14.7 Å². The van der Waals surface area contributed by atoms with Crippen LogP contribution in [-0.4, -0.2) is 73.0 Å². The minimum Gasteiger partial charge on any atom is -0.343 e. The summed E-state index contributed by atoms with van der Waals surface area (Å²) in [6.07, 6.45) is 0. The molecule has 0 aliphatic rings. The summed E-state index contributed by atoms with van der Waals surface area (Å²) >= 11 is 2.31. The van der Waals surface area contributed by atoms with Crippen LogP contribution in [0, 0.1) is 0 Å². The van der Waals surface area contributed by atoms with E-state index in [0.717, 1.165) is 17.6 Å². The van der Waals surface area contributed by atoms with Gasteiger partial charge < -0.3 is 9.80 Å². The van der Waals surface area contributed by atoms with Crippen molar-refractivity contribution in [3.8, 4) is 0 Å². The highest BCUT2D eigenvalue weighted by Crippen LogP contribution is 1.92. The van der Waals surface area contributed by atoms with E-state index in [-0.39, 0.29) is 5.91 Å². The van der Waals surface area contributed by atoms with Crippen LogP contribution in [0.3, 0.4) is 0 Å². The van der Waals surface area contributed by atoms with E-state index >= 15 is 0 Å². The van der Waals surface area contributed by atoms with Crippen molar-refractivity contribution >= 4 is 28.5 Å². The van der Waals surface area contributed by atoms with Crippen LogP contribution in [0.1, 0.15) is 0 Å². The van der Waals surface area contributed by atoms with Crippen LogP contribution in [0.2, 0.25) is 0 Å². The Morgan fingerprint density at radius 1 is 1.14 bits per heavy atom. The van der Waals surface area contributed by atoms with Gasteiger partial charge in [0.15, 0.2) is 0 Å². The lowest BCUT2D eigenvalue weighted by Crippen LogP contribution is -2.39. The third-order valence-corrected chi connectivity index (χ3v) is 3.06. The number of halogens is 1. The lowest BCUT2D eigenvalue weighted by molar-refractivity contribution is -0.130. The van der Waals surface area contributed by atoms with Crippen LogP contribution < -0.4 is 0 Å². The second-order valence-electron chi connectivity index (χ2n) is 3.75. The average molecular weight is 313 g/mol. The first-order valence-electron chi connectivity index (χ1n) is 4.60. The molecule has 0 aromatic carbocycles. The van der Waals surface area contributed by atoms with E-state index in [1.165, 1.54) is 0 Å². The molecule has 4 nitrogen and oxygen atoms in total. The van der Waals surface area contributed by atoms with E-state index in [0.29, 0.717) is 6.54 Å². The Balaban J connectivity index is 3.72. The second-order valence-corrected chi connectivity index (χ2v) is 4.43. The number of carbonyl (C=O) groups is 1. The van der Waals surface area contributed by atoms with Crippen molar-refractivity contribution in [2.24, 2.45) is 0 Å². The Bertz CT molecular complexity index is 175. The first kappa shape index (κ1) is 14.1. The fourth-order valence-electron chi connectivity index (χ4n) is 0.896. The van der Waals surface area contributed by atoms with Gasteiger partial charge >= 0.3 is 0 Å². The summed E-state index contributed by atoms with van der Waals surface area (Å²) in [5.74, 6) is 0.178. The van der Waals surface area contributed by atoms with E-state index in [1.54, 1.807) is 4.90 Å². The highest BCUT2D eigenvalue weighted by atomic mass is 127. The van der Waals surface area contributed by atoms with Gasteiger partial charge in [0.25, 0.3) is 0 Å². The summed E-state index contributed by atoms with van der Waals surface area (Å²) in [6, 6.07) is 0. The molecule has 0 heterocycles. The smallest absolute Gasteiger partial charge is 0.236 e. The second kappa shape index (κ2) is 7.42. The van der Waals surface area contributed by atoms with Crippen LogP contribution in [-0.2, 0) is 4.79 Å². The topological polar surface area (TPSA) is 26.8 Å². The van der Waals surface area contributed by atoms with Crippen molar-refractivity contribution in [2.75, 3.05) is 52.4 Å². The quantitative estimate of drug-likeness (QED) is 0.402. The number of nitrogens with zero attached hydrogens (tertiary/aromatic N) is 3. The van der Waals surface area contributed by atoms with E-state index in [1.807, 2.05) is 26.0 Å². The Kier molecular flexibility index (Phi) is 7.48. The molecule has 0 saturated heterocycles. The maximum atomic E-state index is 11.5. The Morgan fingerprint density at radius 2 is 1.71 bits per heavy atom. The van der Waals surface area contributed by atoms with E-state index < -0.39 is 0 Å². The normalized spacial score (nSPS) is 11.1. The highest BCUT2D eigenvalue weighted by Gasteiger charge is 2.09. The van der Waals surface area contributed by atoms with Gasteiger partial charge in [-0.05, 0) is 21.1 Å². The van der Waals surface area contributed by atoms with Crippen molar-refractivity contribution < 1.29 is 4.79 Å². The van der Waals surface area contributed by atoms with Gasteiger partial charge in [0.2, 0.25) is 5.91 Å². The Labute approximate surface area is 100 Å². The van der Waals surface area contributed by atoms with Gasteiger partial charge in [-0.25, -0.2) is 0 Å². The van der Waals surface area contributed by atoms with Gasteiger partial charge in [-0.3, -0.25) is 9.69 Å². The predicted molar refractivity (Wildman–Crippen MR) is 67.7 cm³/mol. The molecule has 14 heavy (non-hydrogen) atoms. The van der Waals surface area contributed by atoms with E-state index in [2.05, 4.69) is 34.5 Å². The molecule has 0 aliphatic carbocycles. The number of alkyl halides is 1. The zero-order valence-electron chi connectivity index (χ0n) is 9.46. The number of likely N-dealkylation sites (N-methyl/N-ethyl adjacent to an activating group) is 3. The molecule has 0 fully saturated rings. The molecule has 1 amide bonds. The largest absolute Gasteiger partial charge is 0.343 e. The maximum Gasteiger partial charge on any atom is 0.236 e. The van der Waals surface area contributed by atoms with Crippen LogP contribution in [0.4, 0.5) is 0 Å². The lowest BCUT2D eigenvalue weighted by atomic mass is 10.4. The fourth-order valence-corrected chi connectivity index (χ4v) is 1.24. The molecule has 0 spiro atoms. The van der Waals surface area contributed by atoms with Crippen LogP contribution >= 0.6 is 22.6 Å². The summed E-state index contributed by atoms with van der Waals surface area (Å²) in [5.41, 5.74) is 0. The molecule has 0 aliphatic heterocycles. The molecule has 0 rings (SSSR count). The molecule has 84 valence electrons. The van der Waals surface area contributed by atoms with Crippen molar-refractivity contribution in [2.45, 2.75) is 0 Å². The van der Waals surface area contributed by atoms with Gasteiger partial charge in [-0.2, -0.15) is 0 Å². The summed E-state index contributed by atoms with van der Waals surface area (Å²) in [5, 5.41) is 0. The molecule has 0 aromatic rings. The van der Waals surface area contributed by atoms with Crippen molar-refractivity contribution in [1.29, 1.82) is 0 Å². The SMILES string of the molecule is CN(C)CC(=O)N(C)CCN(C)CI. The molecular formula is C9H20IN3O. The zero-order valence-corrected chi connectivity index (χ0v) is 11.6. The summed E-state index contributed by atoms with van der Waals surface area (Å²) in [4.78, 5) is 17.4. The molecule has 0 radical (unpaired) electrons. The minimum absolute atomic E-state index is 0.178. The van der Waals surface area contributed by atoms with Crippen LogP contribution in [0.15, 0.2) is 0 Å². The molecular weight excluding hydrogens is 293 g/mol.